The molecule has 0 radical (unpaired) electrons. The van der Waals surface area contributed by atoms with Gasteiger partial charge in [0, 0.05) is 31.7 Å². The Morgan fingerprint density at radius 2 is 2.11 bits per heavy atom. The maximum atomic E-state index is 13.8. The second-order valence-electron chi connectivity index (χ2n) is 6.90. The molecule has 2 aromatic rings. The molecule has 0 spiro atoms. The Labute approximate surface area is 160 Å². The highest BCUT2D eigenvalue weighted by Gasteiger charge is 2.33. The van der Waals surface area contributed by atoms with Crippen LogP contribution in [0.4, 0.5) is 8.78 Å². The van der Waals surface area contributed by atoms with Crippen LogP contribution in [0.5, 0.6) is 0 Å². The normalized spacial score (nSPS) is 17.3. The Hall–Kier alpha value is -2.81. The van der Waals surface area contributed by atoms with Gasteiger partial charge in [0.15, 0.2) is 5.69 Å². The number of rotatable bonds is 6. The smallest absolute Gasteiger partial charge is 0.356 e. The Kier molecular flexibility index (Phi) is 5.73. The molecule has 1 amide bonds. The molecule has 1 aliphatic rings. The predicted molar refractivity (Wildman–Crippen MR) is 96.6 cm³/mol. The fraction of sp³-hybridized carbons (Fsp3) is 0.421. The molecular weight excluding hydrogens is 370 g/mol. The molecule has 0 fully saturated rings. The second kappa shape index (κ2) is 8.05. The first-order valence-electron chi connectivity index (χ1n) is 9.09. The summed E-state index contributed by atoms with van der Waals surface area (Å²) in [5.74, 6) is -1.92. The number of aromatic nitrogens is 2. The third-order valence-electron chi connectivity index (χ3n) is 4.92. The Morgan fingerprint density at radius 1 is 1.36 bits per heavy atom. The summed E-state index contributed by atoms with van der Waals surface area (Å²) in [5.41, 5.74) is 6.10. The van der Waals surface area contributed by atoms with Crippen LogP contribution in [-0.4, -0.2) is 44.0 Å². The lowest BCUT2D eigenvalue weighted by molar-refractivity contribution is -0.135. The number of amides is 1. The van der Waals surface area contributed by atoms with Gasteiger partial charge in [-0.3, -0.25) is 4.79 Å². The van der Waals surface area contributed by atoms with Crippen molar-refractivity contribution in [3.8, 4) is 0 Å². The van der Waals surface area contributed by atoms with E-state index in [0.717, 1.165) is 18.2 Å². The molecule has 0 saturated heterocycles. The standard InChI is InChI=1S/C19H22F2N4O3/c1-2-16-18-23-15(19(27)28)10-24(18)5-6-25(16)17(26)9-13(22)8-11-7-12(20)3-4-14(11)21/h3-4,7,10,13,16H,2,5-6,8-9,22H2,1H3,(H,27,28)/t13-,16?/m1/s1. The first kappa shape index (κ1) is 19.9. The number of hydrogen-bond acceptors (Lipinski definition) is 4. The van der Waals surface area contributed by atoms with Crippen molar-refractivity contribution in [3.63, 3.8) is 0 Å². The van der Waals surface area contributed by atoms with E-state index in [0.29, 0.717) is 25.3 Å². The number of fused-ring (bicyclic) bond motifs is 1. The third-order valence-corrected chi connectivity index (χ3v) is 4.92. The lowest BCUT2D eigenvalue weighted by atomic mass is 10.0. The minimum Gasteiger partial charge on any atom is -0.476 e. The average Bonchev–Trinajstić information content (AvgIpc) is 3.08. The molecular formula is C19H22F2N4O3. The average molecular weight is 392 g/mol. The van der Waals surface area contributed by atoms with E-state index in [-0.39, 0.29) is 36.0 Å². The third kappa shape index (κ3) is 4.04. The molecule has 0 aliphatic carbocycles. The van der Waals surface area contributed by atoms with Crippen molar-refractivity contribution in [2.75, 3.05) is 6.54 Å². The molecule has 2 atom stereocenters. The van der Waals surface area contributed by atoms with Gasteiger partial charge in [0.25, 0.3) is 0 Å². The Bertz CT molecular complexity index is 899. The van der Waals surface area contributed by atoms with E-state index in [1.165, 1.54) is 6.20 Å². The number of imidazole rings is 1. The van der Waals surface area contributed by atoms with Gasteiger partial charge in [0.2, 0.25) is 5.91 Å². The molecule has 1 aromatic carbocycles. The number of carboxylic acid groups (broad SMARTS) is 1. The summed E-state index contributed by atoms with van der Waals surface area (Å²) in [4.78, 5) is 29.7. The minimum absolute atomic E-state index is 0.0288. The number of hydrogen-bond donors (Lipinski definition) is 2. The zero-order valence-electron chi connectivity index (χ0n) is 15.4. The highest BCUT2D eigenvalue weighted by atomic mass is 19.1. The summed E-state index contributed by atoms with van der Waals surface area (Å²) >= 11 is 0. The van der Waals surface area contributed by atoms with Crippen molar-refractivity contribution in [1.82, 2.24) is 14.5 Å². The van der Waals surface area contributed by atoms with E-state index in [4.69, 9.17) is 10.8 Å². The first-order chi connectivity index (χ1) is 13.3. The molecule has 0 bridgehead atoms. The number of aromatic carboxylic acids is 1. The van der Waals surface area contributed by atoms with Crippen LogP contribution < -0.4 is 5.73 Å². The first-order valence-corrected chi connectivity index (χ1v) is 9.09. The Balaban J connectivity index is 1.71. The van der Waals surface area contributed by atoms with Crippen molar-refractivity contribution in [1.29, 1.82) is 0 Å². The van der Waals surface area contributed by atoms with Crippen LogP contribution in [0, 0.1) is 11.6 Å². The van der Waals surface area contributed by atoms with Gasteiger partial charge in [-0.15, -0.1) is 0 Å². The molecule has 1 aliphatic heterocycles. The number of carboxylic acids is 1. The van der Waals surface area contributed by atoms with Gasteiger partial charge >= 0.3 is 5.97 Å². The van der Waals surface area contributed by atoms with E-state index < -0.39 is 23.6 Å². The molecule has 1 aromatic heterocycles. The fourth-order valence-electron chi connectivity index (χ4n) is 3.59. The van der Waals surface area contributed by atoms with Crippen molar-refractivity contribution < 1.29 is 23.5 Å². The van der Waals surface area contributed by atoms with Gasteiger partial charge < -0.3 is 20.3 Å². The van der Waals surface area contributed by atoms with Crippen molar-refractivity contribution in [3.05, 3.63) is 53.1 Å². The molecule has 9 heteroatoms. The highest BCUT2D eigenvalue weighted by molar-refractivity contribution is 5.85. The SMILES string of the molecule is CCC1c2nc(C(=O)O)cn2CCN1C(=O)C[C@H](N)Cc1cc(F)ccc1F. The summed E-state index contributed by atoms with van der Waals surface area (Å²) in [5, 5.41) is 9.14. The van der Waals surface area contributed by atoms with Crippen molar-refractivity contribution >= 4 is 11.9 Å². The fourth-order valence-corrected chi connectivity index (χ4v) is 3.59. The number of nitrogens with two attached hydrogens (primary N) is 1. The maximum absolute atomic E-state index is 13.8. The van der Waals surface area contributed by atoms with Gasteiger partial charge in [0.05, 0.1) is 6.04 Å². The van der Waals surface area contributed by atoms with Crippen molar-refractivity contribution in [2.45, 2.75) is 44.8 Å². The van der Waals surface area contributed by atoms with Crippen molar-refractivity contribution in [2.24, 2.45) is 5.73 Å². The number of halogens is 2. The van der Waals surface area contributed by atoms with Crippen LogP contribution in [0.1, 0.15) is 47.7 Å². The highest BCUT2D eigenvalue weighted by Crippen LogP contribution is 2.29. The van der Waals surface area contributed by atoms with Gasteiger partial charge in [-0.05, 0) is 36.6 Å². The zero-order valence-corrected chi connectivity index (χ0v) is 15.4. The van der Waals surface area contributed by atoms with Gasteiger partial charge in [0.1, 0.15) is 17.5 Å². The van der Waals surface area contributed by atoms with Crippen LogP contribution in [0.3, 0.4) is 0 Å². The molecule has 150 valence electrons. The molecule has 0 saturated carbocycles. The topological polar surface area (TPSA) is 101 Å². The molecule has 1 unspecified atom stereocenters. The molecule has 28 heavy (non-hydrogen) atoms. The minimum atomic E-state index is -1.12. The summed E-state index contributed by atoms with van der Waals surface area (Å²) in [6.45, 7) is 2.73. The largest absolute Gasteiger partial charge is 0.476 e. The molecule has 2 heterocycles. The summed E-state index contributed by atoms with van der Waals surface area (Å²) < 4.78 is 28.9. The zero-order chi connectivity index (χ0) is 20.4. The lowest BCUT2D eigenvalue weighted by Crippen LogP contribution is -2.44. The molecule has 7 nitrogen and oxygen atoms in total. The number of carbonyl (C=O) groups excluding carboxylic acids is 1. The number of benzene rings is 1. The summed E-state index contributed by atoms with van der Waals surface area (Å²) in [7, 11) is 0. The quantitative estimate of drug-likeness (QED) is 0.784. The van der Waals surface area contributed by atoms with Crippen LogP contribution in [-0.2, 0) is 17.8 Å². The van der Waals surface area contributed by atoms with E-state index in [9.17, 15) is 18.4 Å². The number of nitrogens with zero attached hydrogens (tertiary/aromatic N) is 3. The van der Waals surface area contributed by atoms with E-state index in [1.807, 2.05) is 6.92 Å². The lowest BCUT2D eigenvalue weighted by Gasteiger charge is -2.36. The Morgan fingerprint density at radius 3 is 2.79 bits per heavy atom. The van der Waals surface area contributed by atoms with E-state index >= 15 is 0 Å². The maximum Gasteiger partial charge on any atom is 0.356 e. The van der Waals surface area contributed by atoms with Crippen LogP contribution in [0.25, 0.3) is 0 Å². The monoisotopic (exact) mass is 392 g/mol. The van der Waals surface area contributed by atoms with E-state index in [2.05, 4.69) is 4.98 Å². The van der Waals surface area contributed by atoms with Crippen LogP contribution in [0.2, 0.25) is 0 Å². The summed E-state index contributed by atoms with van der Waals surface area (Å²) in [6, 6.07) is 2.13. The second-order valence-corrected chi connectivity index (χ2v) is 6.90. The number of carbonyl (C=O) groups is 2. The molecule has 3 rings (SSSR count). The van der Waals surface area contributed by atoms with Gasteiger partial charge in [-0.2, -0.15) is 0 Å². The van der Waals surface area contributed by atoms with Gasteiger partial charge in [-0.25, -0.2) is 18.6 Å². The molecule has 3 N–H and O–H groups in total. The van der Waals surface area contributed by atoms with Crippen LogP contribution >= 0.6 is 0 Å². The predicted octanol–water partition coefficient (Wildman–Crippen LogP) is 2.11. The van der Waals surface area contributed by atoms with E-state index in [1.54, 1.807) is 9.47 Å². The van der Waals surface area contributed by atoms with Crippen LogP contribution in [0.15, 0.2) is 24.4 Å². The van der Waals surface area contributed by atoms with Gasteiger partial charge in [-0.1, -0.05) is 6.92 Å². The summed E-state index contributed by atoms with van der Waals surface area (Å²) in [6.07, 6.45) is 2.05.